The molecule has 0 radical (unpaired) electrons. The lowest BCUT2D eigenvalue weighted by Crippen LogP contribution is -2.37. The van der Waals surface area contributed by atoms with Crippen LogP contribution >= 0.6 is 12.2 Å². The van der Waals surface area contributed by atoms with Crippen LogP contribution in [0, 0.1) is 0 Å². The van der Waals surface area contributed by atoms with E-state index in [1.165, 1.54) is 5.56 Å². The maximum Gasteiger partial charge on any atom is 0.332 e. The average Bonchev–Trinajstić information content (AvgIpc) is 2.81. The van der Waals surface area contributed by atoms with E-state index in [0.717, 1.165) is 12.0 Å². The highest BCUT2D eigenvalue weighted by Gasteiger charge is 2.39. The first-order valence-corrected chi connectivity index (χ1v) is 6.79. The molecule has 1 aliphatic rings. The first-order chi connectivity index (χ1) is 9.15. The van der Waals surface area contributed by atoms with Gasteiger partial charge in [0.25, 0.3) is 5.17 Å². The van der Waals surface area contributed by atoms with Crippen molar-refractivity contribution in [2.75, 3.05) is 6.61 Å². The van der Waals surface area contributed by atoms with Crippen molar-refractivity contribution in [3.63, 3.8) is 0 Å². The van der Waals surface area contributed by atoms with Gasteiger partial charge in [0.1, 0.15) is 0 Å². The minimum absolute atomic E-state index is 0.239. The van der Waals surface area contributed by atoms with Gasteiger partial charge in [0.2, 0.25) is 0 Å². The highest BCUT2D eigenvalue weighted by Crippen LogP contribution is 2.27. The fourth-order valence-electron chi connectivity index (χ4n) is 2.04. The monoisotopic (exact) mass is 279 g/mol. The maximum absolute atomic E-state index is 11.9. The fourth-order valence-corrected chi connectivity index (χ4v) is 2.27. The summed E-state index contributed by atoms with van der Waals surface area (Å²) in [7, 11) is 0. The summed E-state index contributed by atoms with van der Waals surface area (Å²) in [6.45, 7) is 4.21. The third kappa shape index (κ3) is 3.04. The normalized spacial score (nSPS) is 21.7. The number of aryl methyl sites for hydroxylation is 1. The van der Waals surface area contributed by atoms with Gasteiger partial charge < -0.3 is 14.8 Å². The van der Waals surface area contributed by atoms with Crippen LogP contribution in [-0.2, 0) is 20.7 Å². The number of ether oxygens (including phenoxy) is 2. The SMILES string of the molecule is CCOC(=O)[C@H]1NC(=S)O[C@@H]1c1ccc(CC)cc1. The second-order valence-corrected chi connectivity index (χ2v) is 4.67. The van der Waals surface area contributed by atoms with Crippen LogP contribution in [0.3, 0.4) is 0 Å². The molecule has 1 aromatic rings. The predicted octanol–water partition coefficient (Wildman–Crippen LogP) is 2.13. The number of nitrogens with one attached hydrogen (secondary N) is 1. The average molecular weight is 279 g/mol. The third-order valence-corrected chi connectivity index (χ3v) is 3.28. The zero-order valence-electron chi connectivity index (χ0n) is 11.0. The van der Waals surface area contributed by atoms with Gasteiger partial charge in [0.15, 0.2) is 12.1 Å². The molecule has 0 aliphatic carbocycles. The lowest BCUT2D eigenvalue weighted by molar-refractivity contribution is -0.146. The van der Waals surface area contributed by atoms with Crippen molar-refractivity contribution in [1.82, 2.24) is 5.32 Å². The second kappa shape index (κ2) is 6.02. The van der Waals surface area contributed by atoms with E-state index in [4.69, 9.17) is 21.7 Å². The summed E-state index contributed by atoms with van der Waals surface area (Å²) in [5.74, 6) is -0.341. The van der Waals surface area contributed by atoms with Crippen LogP contribution in [0.1, 0.15) is 31.1 Å². The van der Waals surface area contributed by atoms with Gasteiger partial charge >= 0.3 is 5.97 Å². The van der Waals surface area contributed by atoms with Crippen LogP contribution in [0.2, 0.25) is 0 Å². The summed E-state index contributed by atoms with van der Waals surface area (Å²) in [6.07, 6.45) is 0.557. The Bertz CT molecular complexity index is 472. The molecule has 2 rings (SSSR count). The number of carbonyl (C=O) groups excluding carboxylic acids is 1. The van der Waals surface area contributed by atoms with Gasteiger partial charge in [-0.15, -0.1) is 0 Å². The van der Waals surface area contributed by atoms with Crippen molar-refractivity contribution in [2.45, 2.75) is 32.4 Å². The van der Waals surface area contributed by atoms with Crippen LogP contribution in [-0.4, -0.2) is 23.8 Å². The van der Waals surface area contributed by atoms with Crippen LogP contribution in [0.4, 0.5) is 0 Å². The molecule has 102 valence electrons. The Kier molecular flexibility index (Phi) is 4.37. The van der Waals surface area contributed by atoms with Crippen molar-refractivity contribution >= 4 is 23.4 Å². The predicted molar refractivity (Wildman–Crippen MR) is 75.8 cm³/mol. The molecule has 1 aromatic carbocycles. The van der Waals surface area contributed by atoms with E-state index < -0.39 is 12.1 Å². The highest BCUT2D eigenvalue weighted by atomic mass is 32.1. The molecule has 0 amide bonds. The van der Waals surface area contributed by atoms with Crippen molar-refractivity contribution in [3.8, 4) is 0 Å². The smallest absolute Gasteiger partial charge is 0.332 e. The molecule has 0 unspecified atom stereocenters. The molecular formula is C14H17NO3S. The van der Waals surface area contributed by atoms with Crippen molar-refractivity contribution in [2.24, 2.45) is 0 Å². The molecule has 0 saturated carbocycles. The first kappa shape index (κ1) is 13.8. The van der Waals surface area contributed by atoms with Crippen LogP contribution in [0.5, 0.6) is 0 Å². The van der Waals surface area contributed by atoms with Crippen molar-refractivity contribution in [1.29, 1.82) is 0 Å². The van der Waals surface area contributed by atoms with Gasteiger partial charge in [-0.25, -0.2) is 4.79 Å². The molecule has 19 heavy (non-hydrogen) atoms. The summed E-state index contributed by atoms with van der Waals surface area (Å²) in [6, 6.07) is 7.42. The number of esters is 1. The Morgan fingerprint density at radius 3 is 2.63 bits per heavy atom. The Balaban J connectivity index is 2.19. The molecule has 1 fully saturated rings. The van der Waals surface area contributed by atoms with Gasteiger partial charge in [0.05, 0.1) is 6.61 Å². The Morgan fingerprint density at radius 1 is 1.37 bits per heavy atom. The maximum atomic E-state index is 11.9. The van der Waals surface area contributed by atoms with E-state index in [1.807, 2.05) is 24.3 Å². The molecule has 1 aliphatic heterocycles. The molecule has 5 heteroatoms. The fraction of sp³-hybridized carbons (Fsp3) is 0.429. The van der Waals surface area contributed by atoms with Gasteiger partial charge in [0, 0.05) is 0 Å². The van der Waals surface area contributed by atoms with E-state index in [1.54, 1.807) is 6.92 Å². The quantitative estimate of drug-likeness (QED) is 0.676. The van der Waals surface area contributed by atoms with Gasteiger partial charge in [-0.2, -0.15) is 0 Å². The number of hydrogen-bond acceptors (Lipinski definition) is 4. The Hall–Kier alpha value is -1.62. The number of hydrogen-bond donors (Lipinski definition) is 1. The summed E-state index contributed by atoms with van der Waals surface area (Å²) >= 11 is 4.98. The molecule has 0 aromatic heterocycles. The van der Waals surface area contributed by atoms with E-state index in [9.17, 15) is 4.79 Å². The number of rotatable bonds is 4. The minimum Gasteiger partial charge on any atom is -0.464 e. The molecule has 0 spiro atoms. The number of benzene rings is 1. The molecule has 1 N–H and O–H groups in total. The first-order valence-electron chi connectivity index (χ1n) is 6.38. The summed E-state index contributed by atoms with van der Waals surface area (Å²) in [4.78, 5) is 11.9. The number of thiocarbonyl (C=S) groups is 1. The van der Waals surface area contributed by atoms with E-state index in [2.05, 4.69) is 12.2 Å². The van der Waals surface area contributed by atoms with E-state index in [-0.39, 0.29) is 11.1 Å². The Morgan fingerprint density at radius 2 is 2.05 bits per heavy atom. The van der Waals surface area contributed by atoms with Crippen molar-refractivity contribution < 1.29 is 14.3 Å². The highest BCUT2D eigenvalue weighted by molar-refractivity contribution is 7.80. The van der Waals surface area contributed by atoms with Gasteiger partial charge in [-0.05, 0) is 36.7 Å². The molecule has 1 heterocycles. The van der Waals surface area contributed by atoms with Crippen molar-refractivity contribution in [3.05, 3.63) is 35.4 Å². The number of carbonyl (C=O) groups is 1. The van der Waals surface area contributed by atoms with E-state index in [0.29, 0.717) is 6.61 Å². The zero-order chi connectivity index (χ0) is 13.8. The van der Waals surface area contributed by atoms with Crippen LogP contribution in [0.15, 0.2) is 24.3 Å². The molecule has 0 bridgehead atoms. The van der Waals surface area contributed by atoms with Crippen LogP contribution in [0.25, 0.3) is 0 Å². The van der Waals surface area contributed by atoms with E-state index >= 15 is 0 Å². The molecule has 4 nitrogen and oxygen atoms in total. The largest absolute Gasteiger partial charge is 0.464 e. The summed E-state index contributed by atoms with van der Waals surface area (Å²) in [5, 5.41) is 3.09. The summed E-state index contributed by atoms with van der Waals surface area (Å²) in [5.41, 5.74) is 2.16. The summed E-state index contributed by atoms with van der Waals surface area (Å²) < 4.78 is 10.6. The standard InChI is InChI=1S/C14H17NO3S/c1-3-9-5-7-10(8-6-9)12-11(13(16)17-4-2)15-14(19)18-12/h5-8,11-12H,3-4H2,1-2H3,(H,15,19)/t11-,12+/m0/s1. The minimum atomic E-state index is -0.570. The second-order valence-electron chi connectivity index (χ2n) is 4.30. The third-order valence-electron chi connectivity index (χ3n) is 3.07. The molecule has 2 atom stereocenters. The van der Waals surface area contributed by atoms with Crippen LogP contribution < -0.4 is 5.32 Å². The molecule has 1 saturated heterocycles. The Labute approximate surface area is 118 Å². The lowest BCUT2D eigenvalue weighted by Gasteiger charge is -2.16. The topological polar surface area (TPSA) is 47.6 Å². The zero-order valence-corrected chi connectivity index (χ0v) is 11.8. The van der Waals surface area contributed by atoms with Gasteiger partial charge in [-0.1, -0.05) is 31.2 Å². The lowest BCUT2D eigenvalue weighted by atomic mass is 10.0. The molecular weight excluding hydrogens is 262 g/mol. The van der Waals surface area contributed by atoms with Gasteiger partial charge in [-0.3, -0.25) is 0 Å².